The number of carbonyl (C=O) groups excluding carboxylic acids is 1. The normalized spacial score (nSPS) is 14.1. The fourth-order valence-electron chi connectivity index (χ4n) is 2.19. The van der Waals surface area contributed by atoms with Crippen LogP contribution in [0.3, 0.4) is 0 Å². The molecule has 1 saturated heterocycles. The minimum atomic E-state index is -0.617. The molecule has 0 atom stereocenters. The average Bonchev–Trinajstić information content (AvgIpc) is 3.20. The van der Waals surface area contributed by atoms with Gasteiger partial charge in [-0.25, -0.2) is 9.48 Å². The highest BCUT2D eigenvalue weighted by Crippen LogP contribution is 2.17. The first-order valence-corrected chi connectivity index (χ1v) is 7.00. The van der Waals surface area contributed by atoms with Gasteiger partial charge in [0.1, 0.15) is 0 Å². The first-order chi connectivity index (χ1) is 10.7. The molecule has 0 radical (unpaired) electrons. The van der Waals surface area contributed by atoms with Crippen LogP contribution in [-0.2, 0) is 0 Å². The van der Waals surface area contributed by atoms with Gasteiger partial charge in [-0.2, -0.15) is 20.1 Å². The second-order valence-corrected chi connectivity index (χ2v) is 4.80. The van der Waals surface area contributed by atoms with Crippen LogP contribution in [0.1, 0.15) is 12.8 Å². The molecule has 2 aromatic rings. The van der Waals surface area contributed by atoms with Crippen molar-refractivity contribution in [3.63, 3.8) is 0 Å². The molecule has 1 aliphatic rings. The van der Waals surface area contributed by atoms with E-state index in [0.717, 1.165) is 25.9 Å². The monoisotopic (exact) mass is 303 g/mol. The zero-order valence-electron chi connectivity index (χ0n) is 11.9. The van der Waals surface area contributed by atoms with Gasteiger partial charge in [0.25, 0.3) is 5.95 Å². The largest absolute Gasteiger partial charge is 0.352 e. The molecule has 3 heterocycles. The molecule has 22 heavy (non-hydrogen) atoms. The molecule has 0 aliphatic carbocycles. The number of anilines is 2. The van der Waals surface area contributed by atoms with E-state index in [1.165, 1.54) is 0 Å². The Hall–Kier alpha value is -2.91. The van der Waals surface area contributed by atoms with Gasteiger partial charge < -0.3 is 21.3 Å². The molecule has 0 bridgehead atoms. The van der Waals surface area contributed by atoms with Gasteiger partial charge >= 0.3 is 6.03 Å². The van der Waals surface area contributed by atoms with Crippen LogP contribution in [0.2, 0.25) is 0 Å². The van der Waals surface area contributed by atoms with Crippen molar-refractivity contribution in [1.29, 1.82) is 0 Å². The Morgan fingerprint density at radius 1 is 1.23 bits per heavy atom. The highest BCUT2D eigenvalue weighted by atomic mass is 16.2. The molecule has 0 aromatic carbocycles. The molecule has 4 N–H and O–H groups in total. The van der Waals surface area contributed by atoms with Crippen molar-refractivity contribution in [1.82, 2.24) is 30.0 Å². The maximum atomic E-state index is 10.7. The number of hydrogen-bond acceptors (Lipinski definition) is 7. The number of nitrogens with one attached hydrogen (secondary N) is 2. The summed E-state index contributed by atoms with van der Waals surface area (Å²) in [6, 6.07) is 1.18. The van der Waals surface area contributed by atoms with Crippen LogP contribution in [0.15, 0.2) is 18.5 Å². The lowest BCUT2D eigenvalue weighted by Gasteiger charge is -2.16. The van der Waals surface area contributed by atoms with Gasteiger partial charge in [-0.3, -0.25) is 0 Å². The maximum absolute atomic E-state index is 10.7. The minimum Gasteiger partial charge on any atom is -0.352 e. The molecule has 10 heteroatoms. The SMILES string of the molecule is NC(=O)NCNc1nc(N2CCCC2)nc(-n2cccn2)n1. The Kier molecular flexibility index (Phi) is 3.99. The molecule has 0 spiro atoms. The number of nitrogens with two attached hydrogens (primary N) is 1. The topological polar surface area (TPSA) is 127 Å². The summed E-state index contributed by atoms with van der Waals surface area (Å²) in [5.74, 6) is 1.37. The van der Waals surface area contributed by atoms with Gasteiger partial charge in [-0.05, 0) is 18.9 Å². The minimum absolute atomic E-state index is 0.136. The van der Waals surface area contributed by atoms with E-state index >= 15 is 0 Å². The lowest BCUT2D eigenvalue weighted by Crippen LogP contribution is -2.34. The summed E-state index contributed by atoms with van der Waals surface area (Å²) in [7, 11) is 0. The summed E-state index contributed by atoms with van der Waals surface area (Å²) in [6.45, 7) is 1.97. The standard InChI is InChI=1S/C12H17N9O/c13-9(22)14-8-15-10-17-11(20-5-1-2-6-20)19-12(18-10)21-7-3-4-16-21/h3-4,7H,1-2,5-6,8H2,(H3,13,14,22)(H,15,17,18,19). The molecule has 1 fully saturated rings. The van der Waals surface area contributed by atoms with Crippen molar-refractivity contribution in [2.75, 3.05) is 30.0 Å². The zero-order valence-corrected chi connectivity index (χ0v) is 11.9. The summed E-state index contributed by atoms with van der Waals surface area (Å²) < 4.78 is 1.56. The van der Waals surface area contributed by atoms with E-state index in [2.05, 4.69) is 35.6 Å². The average molecular weight is 303 g/mol. The molecule has 2 aromatic heterocycles. The van der Waals surface area contributed by atoms with Gasteiger partial charge in [-0.15, -0.1) is 0 Å². The van der Waals surface area contributed by atoms with Gasteiger partial charge in [0.05, 0.1) is 6.67 Å². The molecule has 1 aliphatic heterocycles. The Morgan fingerprint density at radius 2 is 2.00 bits per heavy atom. The second kappa shape index (κ2) is 6.24. The van der Waals surface area contributed by atoms with Crippen molar-refractivity contribution >= 4 is 17.9 Å². The van der Waals surface area contributed by atoms with Gasteiger partial charge in [-0.1, -0.05) is 0 Å². The summed E-state index contributed by atoms with van der Waals surface area (Å²) in [5.41, 5.74) is 5.03. The van der Waals surface area contributed by atoms with E-state index in [0.29, 0.717) is 17.8 Å². The molecular formula is C12H17N9O. The summed E-state index contributed by atoms with van der Waals surface area (Å²) in [4.78, 5) is 25.9. The number of primary amides is 1. The molecule has 3 rings (SSSR count). The van der Waals surface area contributed by atoms with Crippen LogP contribution in [0.5, 0.6) is 0 Å². The number of rotatable bonds is 5. The molecule has 0 unspecified atom stereocenters. The van der Waals surface area contributed by atoms with Crippen molar-refractivity contribution in [2.45, 2.75) is 12.8 Å². The lowest BCUT2D eigenvalue weighted by molar-refractivity contribution is 0.249. The zero-order chi connectivity index (χ0) is 15.4. The highest BCUT2D eigenvalue weighted by molar-refractivity contribution is 5.71. The Morgan fingerprint density at radius 3 is 2.68 bits per heavy atom. The van der Waals surface area contributed by atoms with Crippen LogP contribution in [0.25, 0.3) is 5.95 Å². The highest BCUT2D eigenvalue weighted by Gasteiger charge is 2.18. The fourth-order valence-corrected chi connectivity index (χ4v) is 2.19. The summed E-state index contributed by atoms with van der Waals surface area (Å²) in [5, 5.41) is 9.46. The third-order valence-electron chi connectivity index (χ3n) is 3.22. The molecule has 10 nitrogen and oxygen atoms in total. The number of nitrogens with zero attached hydrogens (tertiary/aromatic N) is 6. The van der Waals surface area contributed by atoms with Crippen molar-refractivity contribution in [3.05, 3.63) is 18.5 Å². The van der Waals surface area contributed by atoms with Crippen LogP contribution in [0.4, 0.5) is 16.7 Å². The Bertz CT molecular complexity index is 636. The predicted octanol–water partition coefficient (Wildman–Crippen LogP) is -0.305. The lowest BCUT2D eigenvalue weighted by atomic mass is 10.4. The smallest absolute Gasteiger partial charge is 0.313 e. The fraction of sp³-hybridized carbons (Fsp3) is 0.417. The number of carbonyl (C=O) groups is 1. The first kappa shape index (κ1) is 14.0. The molecule has 2 amide bonds. The number of hydrogen-bond donors (Lipinski definition) is 3. The van der Waals surface area contributed by atoms with E-state index in [1.54, 1.807) is 23.1 Å². The Labute approximate surface area is 126 Å². The predicted molar refractivity (Wildman–Crippen MR) is 79.6 cm³/mol. The third-order valence-corrected chi connectivity index (χ3v) is 3.22. The molecular weight excluding hydrogens is 286 g/mol. The number of urea groups is 1. The summed E-state index contributed by atoms with van der Waals surface area (Å²) >= 11 is 0. The van der Waals surface area contributed by atoms with E-state index in [-0.39, 0.29) is 6.67 Å². The van der Waals surface area contributed by atoms with Crippen LogP contribution < -0.4 is 21.3 Å². The van der Waals surface area contributed by atoms with Crippen LogP contribution in [0, 0.1) is 0 Å². The number of amides is 2. The maximum Gasteiger partial charge on any atom is 0.313 e. The van der Waals surface area contributed by atoms with Gasteiger partial charge in [0.15, 0.2) is 0 Å². The molecule has 0 saturated carbocycles. The van der Waals surface area contributed by atoms with Crippen molar-refractivity contribution in [2.24, 2.45) is 5.73 Å². The second-order valence-electron chi connectivity index (χ2n) is 4.80. The van der Waals surface area contributed by atoms with E-state index in [1.807, 2.05) is 0 Å². The van der Waals surface area contributed by atoms with E-state index < -0.39 is 6.03 Å². The van der Waals surface area contributed by atoms with Gasteiger partial charge in [0, 0.05) is 25.5 Å². The summed E-state index contributed by atoms with van der Waals surface area (Å²) in [6.07, 6.45) is 5.65. The van der Waals surface area contributed by atoms with E-state index in [9.17, 15) is 4.79 Å². The third kappa shape index (κ3) is 3.22. The van der Waals surface area contributed by atoms with Crippen LogP contribution in [-0.4, -0.2) is 50.5 Å². The molecule has 116 valence electrons. The van der Waals surface area contributed by atoms with Crippen molar-refractivity contribution in [3.8, 4) is 5.95 Å². The van der Waals surface area contributed by atoms with Gasteiger partial charge in [0.2, 0.25) is 11.9 Å². The number of aromatic nitrogens is 5. The first-order valence-electron chi connectivity index (χ1n) is 7.00. The van der Waals surface area contributed by atoms with Crippen LogP contribution >= 0.6 is 0 Å². The van der Waals surface area contributed by atoms with E-state index in [4.69, 9.17) is 5.73 Å². The quantitative estimate of drug-likeness (QED) is 0.647. The Balaban J connectivity index is 1.85. The van der Waals surface area contributed by atoms with Crippen molar-refractivity contribution < 1.29 is 4.79 Å².